The third-order valence-corrected chi connectivity index (χ3v) is 6.88. The first-order valence-electron chi connectivity index (χ1n) is 10.2. The number of sulfonamides is 1. The molecule has 0 aromatic heterocycles. The Morgan fingerprint density at radius 2 is 1.48 bits per heavy atom. The molecule has 0 atom stereocenters. The van der Waals surface area contributed by atoms with Crippen LogP contribution in [0.15, 0.2) is 59.5 Å². The Hall–Kier alpha value is -2.18. The molecule has 0 heterocycles. The molecule has 0 unspecified atom stereocenters. The van der Waals surface area contributed by atoms with Gasteiger partial charge in [-0.1, -0.05) is 42.5 Å². The fourth-order valence-electron chi connectivity index (χ4n) is 3.17. The van der Waals surface area contributed by atoms with E-state index in [1.165, 1.54) is 24.0 Å². The third-order valence-electron chi connectivity index (χ3n) is 5.06. The Bertz CT molecular complexity index is 863. The molecular formula is C23H32N2O3S. The first-order valence-corrected chi connectivity index (χ1v) is 11.6. The maximum atomic E-state index is 12.5. The van der Waals surface area contributed by atoms with Crippen LogP contribution in [0.1, 0.15) is 37.3 Å². The van der Waals surface area contributed by atoms with Crippen molar-refractivity contribution in [3.05, 3.63) is 65.7 Å². The molecule has 1 amide bonds. The van der Waals surface area contributed by atoms with Crippen LogP contribution in [-0.2, 0) is 27.7 Å². The molecule has 5 nitrogen and oxygen atoms in total. The van der Waals surface area contributed by atoms with E-state index >= 15 is 0 Å². The van der Waals surface area contributed by atoms with Gasteiger partial charge >= 0.3 is 0 Å². The summed E-state index contributed by atoms with van der Waals surface area (Å²) in [5, 5.41) is 0. The Labute approximate surface area is 175 Å². The van der Waals surface area contributed by atoms with E-state index in [-0.39, 0.29) is 10.8 Å². The lowest BCUT2D eigenvalue weighted by Gasteiger charge is -2.21. The largest absolute Gasteiger partial charge is 0.343 e. The number of hydrogen-bond acceptors (Lipinski definition) is 3. The molecule has 0 N–H and O–H groups in total. The smallest absolute Gasteiger partial charge is 0.242 e. The quantitative estimate of drug-likeness (QED) is 0.524. The first-order chi connectivity index (χ1) is 13.8. The van der Waals surface area contributed by atoms with E-state index in [2.05, 4.69) is 12.1 Å². The number of aryl methyl sites for hydroxylation is 1. The average Bonchev–Trinajstić information content (AvgIpc) is 2.72. The lowest BCUT2D eigenvalue weighted by atomic mass is 10.1. The molecule has 2 rings (SSSR count). The topological polar surface area (TPSA) is 57.7 Å². The van der Waals surface area contributed by atoms with Crippen molar-refractivity contribution in [2.75, 3.05) is 27.2 Å². The molecule has 0 radical (unpaired) electrons. The van der Waals surface area contributed by atoms with E-state index in [0.29, 0.717) is 25.9 Å². The van der Waals surface area contributed by atoms with Gasteiger partial charge in [0.15, 0.2) is 0 Å². The van der Waals surface area contributed by atoms with Gasteiger partial charge in [-0.05, 0) is 55.9 Å². The van der Waals surface area contributed by atoms with Crippen LogP contribution in [0.2, 0.25) is 0 Å². The Morgan fingerprint density at radius 1 is 0.862 bits per heavy atom. The minimum Gasteiger partial charge on any atom is -0.343 e. The van der Waals surface area contributed by atoms with Crippen molar-refractivity contribution in [1.82, 2.24) is 9.21 Å². The van der Waals surface area contributed by atoms with Gasteiger partial charge in [0.2, 0.25) is 15.9 Å². The number of amides is 1. The summed E-state index contributed by atoms with van der Waals surface area (Å²) in [5.41, 5.74) is 2.34. The molecule has 0 aliphatic rings. The van der Waals surface area contributed by atoms with Gasteiger partial charge in [-0.3, -0.25) is 4.79 Å². The number of hydrogen-bond donors (Lipinski definition) is 0. The molecule has 2 aromatic carbocycles. The zero-order valence-electron chi connectivity index (χ0n) is 17.7. The van der Waals surface area contributed by atoms with Crippen molar-refractivity contribution < 1.29 is 13.2 Å². The third kappa shape index (κ3) is 6.98. The minimum atomic E-state index is -3.41. The van der Waals surface area contributed by atoms with E-state index in [1.807, 2.05) is 42.2 Å². The number of likely N-dealkylation sites (N-methyl/N-ethyl adjacent to an activating group) is 1. The summed E-state index contributed by atoms with van der Waals surface area (Å²) in [4.78, 5) is 14.7. The van der Waals surface area contributed by atoms with Crippen LogP contribution in [0, 0.1) is 0 Å². The van der Waals surface area contributed by atoms with Crippen molar-refractivity contribution in [2.24, 2.45) is 0 Å². The predicted octanol–water partition coefficient (Wildman–Crippen LogP) is 3.74. The second kappa shape index (κ2) is 11.1. The standard InChI is InChI=1S/C23H32N2O3S/c1-4-25(23(26)13-9-8-12-20-10-6-5-7-11-20)19-18-21-14-16-22(17-15-21)29(27,28)24(2)3/h5-7,10-11,14-17H,4,8-9,12-13,18-19H2,1-3H3. The second-order valence-corrected chi connectivity index (χ2v) is 9.50. The number of nitrogens with zero attached hydrogens (tertiary/aromatic N) is 2. The molecule has 0 aliphatic carbocycles. The summed E-state index contributed by atoms with van der Waals surface area (Å²) in [6, 6.07) is 17.3. The summed E-state index contributed by atoms with van der Waals surface area (Å²) < 4.78 is 25.5. The average molecular weight is 417 g/mol. The Morgan fingerprint density at radius 3 is 2.07 bits per heavy atom. The highest BCUT2D eigenvalue weighted by Crippen LogP contribution is 2.15. The van der Waals surface area contributed by atoms with Gasteiger partial charge in [0.25, 0.3) is 0 Å². The van der Waals surface area contributed by atoms with Gasteiger partial charge in [0.05, 0.1) is 4.90 Å². The van der Waals surface area contributed by atoms with Crippen molar-refractivity contribution in [3.8, 4) is 0 Å². The van der Waals surface area contributed by atoms with Gasteiger partial charge in [0, 0.05) is 33.6 Å². The fraction of sp³-hybridized carbons (Fsp3) is 0.435. The van der Waals surface area contributed by atoms with Crippen LogP contribution >= 0.6 is 0 Å². The monoisotopic (exact) mass is 416 g/mol. The van der Waals surface area contributed by atoms with Crippen molar-refractivity contribution in [3.63, 3.8) is 0 Å². The number of carbonyl (C=O) groups excluding carboxylic acids is 1. The van der Waals surface area contributed by atoms with E-state index in [1.54, 1.807) is 12.1 Å². The summed E-state index contributed by atoms with van der Waals surface area (Å²) >= 11 is 0. The minimum absolute atomic E-state index is 0.187. The maximum Gasteiger partial charge on any atom is 0.242 e. The highest BCUT2D eigenvalue weighted by Gasteiger charge is 2.17. The SMILES string of the molecule is CCN(CCc1ccc(S(=O)(=O)N(C)C)cc1)C(=O)CCCCc1ccccc1. The second-order valence-electron chi connectivity index (χ2n) is 7.35. The summed E-state index contributed by atoms with van der Waals surface area (Å²) in [7, 11) is -0.364. The molecule has 2 aromatic rings. The molecular weight excluding hydrogens is 384 g/mol. The van der Waals surface area contributed by atoms with Crippen LogP contribution in [0.5, 0.6) is 0 Å². The lowest BCUT2D eigenvalue weighted by molar-refractivity contribution is -0.131. The number of rotatable bonds is 11. The number of carbonyl (C=O) groups is 1. The molecule has 6 heteroatoms. The molecule has 0 bridgehead atoms. The van der Waals surface area contributed by atoms with Gasteiger partial charge in [0.1, 0.15) is 0 Å². The molecule has 0 saturated heterocycles. The van der Waals surface area contributed by atoms with Crippen LogP contribution in [-0.4, -0.2) is 50.7 Å². The summed E-state index contributed by atoms with van der Waals surface area (Å²) in [6.07, 6.45) is 4.19. The van der Waals surface area contributed by atoms with Crippen LogP contribution in [0.4, 0.5) is 0 Å². The maximum absolute atomic E-state index is 12.5. The highest BCUT2D eigenvalue weighted by atomic mass is 32.2. The van der Waals surface area contributed by atoms with Crippen molar-refractivity contribution in [1.29, 1.82) is 0 Å². The van der Waals surface area contributed by atoms with Gasteiger partial charge in [-0.2, -0.15) is 0 Å². The van der Waals surface area contributed by atoms with Crippen LogP contribution < -0.4 is 0 Å². The van der Waals surface area contributed by atoms with Crippen LogP contribution in [0.25, 0.3) is 0 Å². The van der Waals surface area contributed by atoms with E-state index in [9.17, 15) is 13.2 Å². The summed E-state index contributed by atoms with van der Waals surface area (Å²) in [6.45, 7) is 3.33. The molecule has 29 heavy (non-hydrogen) atoms. The summed E-state index contributed by atoms with van der Waals surface area (Å²) in [5.74, 6) is 0.187. The van der Waals surface area contributed by atoms with Crippen molar-refractivity contribution >= 4 is 15.9 Å². The molecule has 0 aliphatic heterocycles. The van der Waals surface area contributed by atoms with Crippen LogP contribution in [0.3, 0.4) is 0 Å². The van der Waals surface area contributed by atoms with E-state index in [4.69, 9.17) is 0 Å². The highest BCUT2D eigenvalue weighted by molar-refractivity contribution is 7.89. The number of unbranched alkanes of at least 4 members (excludes halogenated alkanes) is 1. The fourth-order valence-corrected chi connectivity index (χ4v) is 4.07. The zero-order valence-corrected chi connectivity index (χ0v) is 18.5. The molecule has 0 fully saturated rings. The Balaban J connectivity index is 1.79. The molecule has 0 spiro atoms. The molecule has 158 valence electrons. The van der Waals surface area contributed by atoms with Gasteiger partial charge < -0.3 is 4.90 Å². The van der Waals surface area contributed by atoms with Crippen molar-refractivity contribution in [2.45, 2.75) is 43.9 Å². The zero-order chi connectivity index (χ0) is 21.3. The predicted molar refractivity (Wildman–Crippen MR) is 117 cm³/mol. The van der Waals surface area contributed by atoms with E-state index in [0.717, 1.165) is 24.8 Å². The number of benzene rings is 2. The first kappa shape index (κ1) is 23.1. The normalized spacial score (nSPS) is 11.6. The lowest BCUT2D eigenvalue weighted by Crippen LogP contribution is -2.32. The Kier molecular flexibility index (Phi) is 8.86. The van der Waals surface area contributed by atoms with E-state index < -0.39 is 10.0 Å². The van der Waals surface area contributed by atoms with Gasteiger partial charge in [-0.25, -0.2) is 12.7 Å². The van der Waals surface area contributed by atoms with Gasteiger partial charge in [-0.15, -0.1) is 0 Å². The molecule has 0 saturated carbocycles.